The lowest BCUT2D eigenvalue weighted by atomic mass is 10.0. The Hall–Kier alpha value is -2.57. The number of imide groups is 1. The van der Waals surface area contributed by atoms with Gasteiger partial charge in [0.15, 0.2) is 0 Å². The second-order valence-corrected chi connectivity index (χ2v) is 6.86. The van der Waals surface area contributed by atoms with Gasteiger partial charge in [0.25, 0.3) is 5.91 Å². The molecule has 2 aliphatic heterocycles. The van der Waals surface area contributed by atoms with Crippen LogP contribution in [0.3, 0.4) is 0 Å². The molecular weight excluding hydrogens is 332 g/mol. The van der Waals surface area contributed by atoms with Gasteiger partial charge >= 0.3 is 6.03 Å². The molecule has 2 heterocycles. The van der Waals surface area contributed by atoms with E-state index in [0.717, 1.165) is 25.9 Å². The predicted molar refractivity (Wildman–Crippen MR) is 98.8 cm³/mol. The zero-order valence-electron chi connectivity index (χ0n) is 15.1. The van der Waals surface area contributed by atoms with Gasteiger partial charge in [0.2, 0.25) is 5.91 Å². The molecule has 0 bridgehead atoms. The number of para-hydroxylation sites is 1. The number of hydrogen-bond donors (Lipinski definition) is 2. The van der Waals surface area contributed by atoms with Crippen molar-refractivity contribution in [2.45, 2.75) is 44.7 Å². The summed E-state index contributed by atoms with van der Waals surface area (Å²) >= 11 is 0. The maximum Gasteiger partial charge on any atom is 0.324 e. The van der Waals surface area contributed by atoms with E-state index in [1.54, 1.807) is 0 Å². The van der Waals surface area contributed by atoms with Crippen molar-refractivity contribution < 1.29 is 14.4 Å². The second-order valence-electron chi connectivity index (χ2n) is 6.86. The Kier molecular flexibility index (Phi) is 5.75. The molecule has 2 fully saturated rings. The van der Waals surface area contributed by atoms with Crippen LogP contribution < -0.4 is 15.5 Å². The summed E-state index contributed by atoms with van der Waals surface area (Å²) in [5.41, 5.74) is 1.20. The monoisotopic (exact) mass is 358 g/mol. The topological polar surface area (TPSA) is 81.8 Å². The molecule has 4 amide bonds. The highest BCUT2D eigenvalue weighted by atomic mass is 16.2. The van der Waals surface area contributed by atoms with E-state index >= 15 is 0 Å². The molecule has 0 saturated carbocycles. The van der Waals surface area contributed by atoms with E-state index in [1.165, 1.54) is 10.6 Å². The van der Waals surface area contributed by atoms with E-state index in [9.17, 15) is 14.4 Å². The van der Waals surface area contributed by atoms with Crippen molar-refractivity contribution in [1.82, 2.24) is 15.5 Å². The van der Waals surface area contributed by atoms with Crippen molar-refractivity contribution in [2.75, 3.05) is 24.5 Å². The van der Waals surface area contributed by atoms with Crippen molar-refractivity contribution in [3.05, 3.63) is 30.3 Å². The molecule has 0 aliphatic carbocycles. The van der Waals surface area contributed by atoms with Crippen molar-refractivity contribution in [3.8, 4) is 0 Å². The van der Waals surface area contributed by atoms with Gasteiger partial charge in [-0.15, -0.1) is 0 Å². The number of piperidine rings is 1. The molecule has 1 unspecified atom stereocenters. The summed E-state index contributed by atoms with van der Waals surface area (Å²) in [4.78, 5) is 39.8. The highest BCUT2D eigenvalue weighted by molar-refractivity contribution is 6.05. The molecule has 2 saturated heterocycles. The quantitative estimate of drug-likeness (QED) is 0.755. The summed E-state index contributed by atoms with van der Waals surface area (Å²) in [6.07, 6.45) is 2.45. The van der Waals surface area contributed by atoms with Crippen LogP contribution in [0.2, 0.25) is 0 Å². The van der Waals surface area contributed by atoms with Crippen LogP contribution in [0, 0.1) is 0 Å². The van der Waals surface area contributed by atoms with Crippen molar-refractivity contribution in [3.63, 3.8) is 0 Å². The van der Waals surface area contributed by atoms with E-state index in [4.69, 9.17) is 0 Å². The van der Waals surface area contributed by atoms with Gasteiger partial charge < -0.3 is 15.5 Å². The van der Waals surface area contributed by atoms with Crippen LogP contribution in [-0.2, 0) is 9.59 Å². The molecule has 140 valence electrons. The standard InChI is InChI=1S/C19H26N4O3/c1-2-10-23-18(25)16(21-19(23)26)13-17(24)20-14-8-11-22(12-9-14)15-6-4-3-5-7-15/h3-7,14,16H,2,8-13H2,1H3,(H,20,24)(H,21,26). The number of benzene rings is 1. The van der Waals surface area contributed by atoms with Gasteiger partial charge in [0.1, 0.15) is 6.04 Å². The molecule has 7 nitrogen and oxygen atoms in total. The Bertz CT molecular complexity index is 656. The van der Waals surface area contributed by atoms with Crippen LogP contribution in [0.25, 0.3) is 0 Å². The van der Waals surface area contributed by atoms with E-state index in [1.807, 2.05) is 25.1 Å². The number of anilines is 1. The lowest BCUT2D eigenvalue weighted by Gasteiger charge is -2.34. The third kappa shape index (κ3) is 4.15. The number of hydrogen-bond acceptors (Lipinski definition) is 4. The molecule has 1 aromatic rings. The second kappa shape index (κ2) is 8.21. The van der Waals surface area contributed by atoms with Gasteiger partial charge in [-0.3, -0.25) is 14.5 Å². The highest BCUT2D eigenvalue weighted by Crippen LogP contribution is 2.19. The lowest BCUT2D eigenvalue weighted by Crippen LogP contribution is -2.46. The minimum Gasteiger partial charge on any atom is -0.371 e. The fourth-order valence-electron chi connectivity index (χ4n) is 3.54. The number of carbonyl (C=O) groups excluding carboxylic acids is 3. The number of urea groups is 1. The summed E-state index contributed by atoms with van der Waals surface area (Å²) in [5, 5.41) is 5.62. The van der Waals surface area contributed by atoms with Crippen LogP contribution in [0.1, 0.15) is 32.6 Å². The van der Waals surface area contributed by atoms with Crippen LogP contribution >= 0.6 is 0 Å². The highest BCUT2D eigenvalue weighted by Gasteiger charge is 2.38. The molecule has 2 N–H and O–H groups in total. The van der Waals surface area contributed by atoms with Crippen LogP contribution in [-0.4, -0.2) is 54.5 Å². The van der Waals surface area contributed by atoms with E-state index < -0.39 is 12.1 Å². The molecular formula is C19H26N4O3. The van der Waals surface area contributed by atoms with Gasteiger partial charge in [-0.25, -0.2) is 4.79 Å². The first-order valence-electron chi connectivity index (χ1n) is 9.29. The largest absolute Gasteiger partial charge is 0.371 e. The Balaban J connectivity index is 1.45. The zero-order valence-corrected chi connectivity index (χ0v) is 15.1. The average molecular weight is 358 g/mol. The Morgan fingerprint density at radius 3 is 2.54 bits per heavy atom. The summed E-state index contributed by atoms with van der Waals surface area (Å²) < 4.78 is 0. The summed E-state index contributed by atoms with van der Waals surface area (Å²) in [7, 11) is 0. The van der Waals surface area contributed by atoms with E-state index in [0.29, 0.717) is 13.0 Å². The van der Waals surface area contributed by atoms with Crippen LogP contribution in [0.4, 0.5) is 10.5 Å². The maximum absolute atomic E-state index is 12.3. The smallest absolute Gasteiger partial charge is 0.324 e. The molecule has 0 spiro atoms. The van der Waals surface area contributed by atoms with Crippen molar-refractivity contribution in [1.29, 1.82) is 0 Å². The normalized spacial score (nSPS) is 21.0. The Labute approximate surface area is 153 Å². The summed E-state index contributed by atoms with van der Waals surface area (Å²) in [6.45, 7) is 4.07. The van der Waals surface area contributed by atoms with Gasteiger partial charge in [-0.2, -0.15) is 0 Å². The Morgan fingerprint density at radius 1 is 1.19 bits per heavy atom. The molecule has 2 aliphatic rings. The zero-order chi connectivity index (χ0) is 18.5. The molecule has 26 heavy (non-hydrogen) atoms. The number of carbonyl (C=O) groups is 3. The molecule has 1 aromatic carbocycles. The van der Waals surface area contributed by atoms with Crippen LogP contribution in [0.5, 0.6) is 0 Å². The molecule has 0 radical (unpaired) electrons. The molecule has 1 atom stereocenters. The summed E-state index contributed by atoms with van der Waals surface area (Å²) in [5.74, 6) is -0.481. The fraction of sp³-hybridized carbons (Fsp3) is 0.526. The molecule has 7 heteroatoms. The number of nitrogens with one attached hydrogen (secondary N) is 2. The minimum absolute atomic E-state index is 0.00366. The van der Waals surface area contributed by atoms with Gasteiger partial charge in [0, 0.05) is 31.4 Å². The third-order valence-electron chi connectivity index (χ3n) is 4.93. The summed E-state index contributed by atoms with van der Waals surface area (Å²) in [6, 6.07) is 9.22. The average Bonchev–Trinajstić information content (AvgIpc) is 2.91. The van der Waals surface area contributed by atoms with E-state index in [2.05, 4.69) is 27.7 Å². The maximum atomic E-state index is 12.3. The first kappa shape index (κ1) is 18.2. The minimum atomic E-state index is -0.738. The van der Waals surface area contributed by atoms with Crippen LogP contribution in [0.15, 0.2) is 30.3 Å². The fourth-order valence-corrected chi connectivity index (χ4v) is 3.54. The molecule has 3 rings (SSSR count). The number of rotatable bonds is 6. The molecule has 0 aromatic heterocycles. The number of nitrogens with zero attached hydrogens (tertiary/aromatic N) is 2. The van der Waals surface area contributed by atoms with Crippen molar-refractivity contribution in [2.24, 2.45) is 0 Å². The van der Waals surface area contributed by atoms with Gasteiger partial charge in [-0.05, 0) is 31.4 Å². The first-order chi connectivity index (χ1) is 12.6. The van der Waals surface area contributed by atoms with Crippen molar-refractivity contribution >= 4 is 23.5 Å². The SMILES string of the molecule is CCCN1C(=O)NC(CC(=O)NC2CCN(c3ccccc3)CC2)C1=O. The third-order valence-corrected chi connectivity index (χ3v) is 4.93. The van der Waals surface area contributed by atoms with Gasteiger partial charge in [-0.1, -0.05) is 25.1 Å². The number of amides is 4. The Morgan fingerprint density at radius 2 is 1.88 bits per heavy atom. The van der Waals surface area contributed by atoms with E-state index in [-0.39, 0.29) is 24.3 Å². The van der Waals surface area contributed by atoms with Gasteiger partial charge in [0.05, 0.1) is 6.42 Å². The predicted octanol–water partition coefficient (Wildman–Crippen LogP) is 1.49. The lowest BCUT2D eigenvalue weighted by molar-refractivity contribution is -0.131. The first-order valence-corrected chi connectivity index (χ1v) is 9.29.